The number of nitrogens with two attached hydrogens (primary N) is 1. The molecule has 5 heteroatoms. The van der Waals surface area contributed by atoms with Crippen LogP contribution in [0.5, 0.6) is 0 Å². The fourth-order valence-electron chi connectivity index (χ4n) is 1.58. The molecule has 0 radical (unpaired) electrons. The predicted molar refractivity (Wildman–Crippen MR) is 71.2 cm³/mol. The van der Waals surface area contributed by atoms with Gasteiger partial charge in [0.15, 0.2) is 0 Å². The number of nitrogens with zero attached hydrogens (tertiary/aromatic N) is 2. The van der Waals surface area contributed by atoms with Gasteiger partial charge in [-0.1, -0.05) is 0 Å². The molecule has 0 saturated heterocycles. The molecule has 1 aromatic heterocycles. The zero-order chi connectivity index (χ0) is 13.1. The van der Waals surface area contributed by atoms with Crippen molar-refractivity contribution in [2.75, 3.05) is 11.1 Å². The molecule has 0 fully saturated rings. The quantitative estimate of drug-likeness (QED) is 0.811. The minimum atomic E-state index is -0.351. The molecule has 1 atom stereocenters. The Hall–Kier alpha value is -2.30. The molecule has 0 saturated carbocycles. The molecule has 3 N–H and O–H groups in total. The van der Waals surface area contributed by atoms with E-state index in [1.54, 1.807) is 42.1 Å². The molecule has 1 aromatic carbocycles. The third kappa shape index (κ3) is 2.68. The van der Waals surface area contributed by atoms with Crippen LogP contribution in [-0.2, 0) is 4.79 Å². The van der Waals surface area contributed by atoms with Crippen LogP contribution in [0.15, 0.2) is 36.7 Å². The van der Waals surface area contributed by atoms with Gasteiger partial charge in [0.1, 0.15) is 6.04 Å². The van der Waals surface area contributed by atoms with Crippen molar-refractivity contribution in [2.24, 2.45) is 0 Å². The Balaban J connectivity index is 2.05. The number of nitrogens with one attached hydrogen (secondary N) is 1. The van der Waals surface area contributed by atoms with Crippen LogP contribution in [0.4, 0.5) is 11.4 Å². The zero-order valence-electron chi connectivity index (χ0n) is 10.4. The molecule has 2 aromatic rings. The van der Waals surface area contributed by atoms with E-state index >= 15 is 0 Å². The summed E-state index contributed by atoms with van der Waals surface area (Å²) < 4.78 is 1.64. The molecule has 18 heavy (non-hydrogen) atoms. The van der Waals surface area contributed by atoms with Gasteiger partial charge >= 0.3 is 0 Å². The summed E-state index contributed by atoms with van der Waals surface area (Å²) in [7, 11) is 0. The van der Waals surface area contributed by atoms with Crippen molar-refractivity contribution in [2.45, 2.75) is 19.9 Å². The molecular formula is C13H16N4O. The van der Waals surface area contributed by atoms with Crippen molar-refractivity contribution in [1.29, 1.82) is 0 Å². The number of carbonyl (C=O) groups is 1. The Morgan fingerprint density at radius 3 is 2.61 bits per heavy atom. The van der Waals surface area contributed by atoms with Gasteiger partial charge in [-0.15, -0.1) is 0 Å². The molecule has 0 aliphatic rings. The smallest absolute Gasteiger partial charge is 0.248 e. The van der Waals surface area contributed by atoms with Crippen molar-refractivity contribution in [1.82, 2.24) is 9.78 Å². The molecule has 1 amide bonds. The monoisotopic (exact) mass is 244 g/mol. The van der Waals surface area contributed by atoms with E-state index in [1.807, 2.05) is 13.1 Å². The van der Waals surface area contributed by atoms with E-state index < -0.39 is 0 Å². The SMILES string of the molecule is Cc1cnn(C(C)C(=O)Nc2ccc(N)cc2)c1. The summed E-state index contributed by atoms with van der Waals surface area (Å²) in [5, 5.41) is 6.95. The first-order valence-corrected chi connectivity index (χ1v) is 5.73. The van der Waals surface area contributed by atoms with Crippen LogP contribution in [0.1, 0.15) is 18.5 Å². The third-order valence-electron chi connectivity index (χ3n) is 2.69. The van der Waals surface area contributed by atoms with Gasteiger partial charge in [0, 0.05) is 17.6 Å². The van der Waals surface area contributed by atoms with Crippen molar-refractivity contribution < 1.29 is 4.79 Å². The summed E-state index contributed by atoms with van der Waals surface area (Å²) in [6.07, 6.45) is 3.57. The number of amides is 1. The lowest BCUT2D eigenvalue weighted by atomic mass is 10.2. The molecule has 2 rings (SSSR count). The Morgan fingerprint density at radius 2 is 2.06 bits per heavy atom. The first-order valence-electron chi connectivity index (χ1n) is 5.73. The standard InChI is InChI=1S/C13H16N4O/c1-9-7-15-17(8-9)10(2)13(18)16-12-5-3-11(14)4-6-12/h3-8,10H,14H2,1-2H3,(H,16,18). The fraction of sp³-hybridized carbons (Fsp3) is 0.231. The van der Waals surface area contributed by atoms with Crippen LogP contribution in [0.25, 0.3) is 0 Å². The van der Waals surface area contributed by atoms with Crippen LogP contribution in [0.3, 0.4) is 0 Å². The maximum absolute atomic E-state index is 12.0. The van der Waals surface area contributed by atoms with Crippen molar-refractivity contribution in [3.8, 4) is 0 Å². The summed E-state index contributed by atoms with van der Waals surface area (Å²) in [5.41, 5.74) is 8.01. The summed E-state index contributed by atoms with van der Waals surface area (Å²) >= 11 is 0. The average Bonchev–Trinajstić information content (AvgIpc) is 2.78. The van der Waals surface area contributed by atoms with Gasteiger partial charge in [-0.25, -0.2) is 0 Å². The van der Waals surface area contributed by atoms with E-state index in [1.165, 1.54) is 0 Å². The van der Waals surface area contributed by atoms with Crippen LogP contribution in [-0.4, -0.2) is 15.7 Å². The summed E-state index contributed by atoms with van der Waals surface area (Å²) in [5.74, 6) is -0.108. The number of aryl methyl sites for hydroxylation is 1. The number of rotatable bonds is 3. The highest BCUT2D eigenvalue weighted by molar-refractivity contribution is 5.93. The van der Waals surface area contributed by atoms with Gasteiger partial charge in [-0.2, -0.15) is 5.10 Å². The third-order valence-corrected chi connectivity index (χ3v) is 2.69. The van der Waals surface area contributed by atoms with Gasteiger partial charge in [0.05, 0.1) is 6.20 Å². The van der Waals surface area contributed by atoms with E-state index in [9.17, 15) is 4.79 Å². The Morgan fingerprint density at radius 1 is 1.39 bits per heavy atom. The highest BCUT2D eigenvalue weighted by atomic mass is 16.2. The molecule has 0 aliphatic carbocycles. The Labute approximate surface area is 106 Å². The Kier molecular flexibility index (Phi) is 3.32. The van der Waals surface area contributed by atoms with E-state index in [2.05, 4.69) is 10.4 Å². The normalized spacial score (nSPS) is 12.1. The second-order valence-electron chi connectivity index (χ2n) is 4.28. The Bertz CT molecular complexity index is 544. The number of hydrogen-bond donors (Lipinski definition) is 2. The predicted octanol–water partition coefficient (Wildman–Crippen LogP) is 1.97. The van der Waals surface area contributed by atoms with Crippen LogP contribution in [0.2, 0.25) is 0 Å². The minimum absolute atomic E-state index is 0.108. The molecule has 1 unspecified atom stereocenters. The molecular weight excluding hydrogens is 228 g/mol. The van der Waals surface area contributed by atoms with E-state index in [4.69, 9.17) is 5.73 Å². The first-order chi connectivity index (χ1) is 8.56. The van der Waals surface area contributed by atoms with E-state index in [0.717, 1.165) is 11.3 Å². The number of hydrogen-bond acceptors (Lipinski definition) is 3. The molecule has 0 spiro atoms. The number of benzene rings is 1. The molecule has 0 bridgehead atoms. The van der Waals surface area contributed by atoms with Gasteiger partial charge < -0.3 is 11.1 Å². The lowest BCUT2D eigenvalue weighted by Gasteiger charge is -2.12. The first kappa shape index (κ1) is 12.2. The average molecular weight is 244 g/mol. The summed E-state index contributed by atoms with van der Waals surface area (Å²) in [6, 6.07) is 6.69. The fourth-order valence-corrected chi connectivity index (χ4v) is 1.58. The van der Waals surface area contributed by atoms with Crippen LogP contribution < -0.4 is 11.1 Å². The molecule has 5 nitrogen and oxygen atoms in total. The van der Waals surface area contributed by atoms with Crippen LogP contribution >= 0.6 is 0 Å². The van der Waals surface area contributed by atoms with Crippen molar-refractivity contribution in [3.05, 3.63) is 42.2 Å². The summed E-state index contributed by atoms with van der Waals surface area (Å²) in [4.78, 5) is 12.0. The molecule has 1 heterocycles. The van der Waals surface area contributed by atoms with Gasteiger partial charge in [-0.05, 0) is 43.7 Å². The maximum atomic E-state index is 12.0. The lowest BCUT2D eigenvalue weighted by molar-refractivity contribution is -0.119. The molecule has 94 valence electrons. The van der Waals surface area contributed by atoms with Gasteiger partial charge in [-0.3, -0.25) is 9.48 Å². The largest absolute Gasteiger partial charge is 0.399 e. The lowest BCUT2D eigenvalue weighted by Crippen LogP contribution is -2.23. The highest BCUT2D eigenvalue weighted by Crippen LogP contribution is 2.13. The second-order valence-corrected chi connectivity index (χ2v) is 4.28. The zero-order valence-corrected chi connectivity index (χ0v) is 10.4. The van der Waals surface area contributed by atoms with E-state index in [-0.39, 0.29) is 11.9 Å². The van der Waals surface area contributed by atoms with E-state index in [0.29, 0.717) is 5.69 Å². The summed E-state index contributed by atoms with van der Waals surface area (Å²) in [6.45, 7) is 3.74. The number of carbonyl (C=O) groups excluding carboxylic acids is 1. The number of nitrogen functional groups attached to an aromatic ring is 1. The van der Waals surface area contributed by atoms with Gasteiger partial charge in [0.25, 0.3) is 0 Å². The van der Waals surface area contributed by atoms with Gasteiger partial charge in [0.2, 0.25) is 5.91 Å². The second kappa shape index (κ2) is 4.91. The minimum Gasteiger partial charge on any atom is -0.399 e. The highest BCUT2D eigenvalue weighted by Gasteiger charge is 2.15. The number of anilines is 2. The topological polar surface area (TPSA) is 72.9 Å². The molecule has 0 aliphatic heterocycles. The van der Waals surface area contributed by atoms with Crippen LogP contribution in [0, 0.1) is 6.92 Å². The number of aromatic nitrogens is 2. The van der Waals surface area contributed by atoms with Crippen molar-refractivity contribution >= 4 is 17.3 Å². The maximum Gasteiger partial charge on any atom is 0.248 e. The van der Waals surface area contributed by atoms with Crippen molar-refractivity contribution in [3.63, 3.8) is 0 Å².